The molecule has 0 spiro atoms. The summed E-state index contributed by atoms with van der Waals surface area (Å²) in [6.07, 6.45) is -1.83. The molecule has 1 aromatic carbocycles. The molecule has 1 saturated heterocycles. The number of rotatable bonds is 18. The van der Waals surface area contributed by atoms with E-state index in [9.17, 15) is 24.3 Å². The van der Waals surface area contributed by atoms with Crippen LogP contribution in [0.2, 0.25) is 0 Å². The summed E-state index contributed by atoms with van der Waals surface area (Å²) in [5.74, 6) is -1.17. The minimum atomic E-state index is -1.10. The van der Waals surface area contributed by atoms with Crippen molar-refractivity contribution in [3.8, 4) is 10.4 Å². The van der Waals surface area contributed by atoms with Crippen LogP contribution in [-0.2, 0) is 35.1 Å². The molecule has 3 rings (SSSR count). The lowest BCUT2D eigenvalue weighted by Crippen LogP contribution is -2.57. The normalized spacial score (nSPS) is 16.9. The predicted octanol–water partition coefficient (Wildman–Crippen LogP) is 1.93. The van der Waals surface area contributed by atoms with Gasteiger partial charge in [0, 0.05) is 32.5 Å². The van der Waals surface area contributed by atoms with E-state index >= 15 is 0 Å². The van der Waals surface area contributed by atoms with Crippen molar-refractivity contribution in [1.29, 1.82) is 0 Å². The van der Waals surface area contributed by atoms with Crippen molar-refractivity contribution in [3.63, 3.8) is 0 Å². The maximum atomic E-state index is 13.8. The van der Waals surface area contributed by atoms with E-state index in [-0.39, 0.29) is 64.1 Å². The van der Waals surface area contributed by atoms with Gasteiger partial charge in [-0.05, 0) is 23.5 Å². The minimum Gasteiger partial charge on any atom is -0.465 e. The third kappa shape index (κ3) is 12.5. The van der Waals surface area contributed by atoms with Gasteiger partial charge in [0.1, 0.15) is 12.1 Å². The Balaban J connectivity index is 1.43. The van der Waals surface area contributed by atoms with E-state index in [1.807, 2.05) is 52.0 Å². The Bertz CT molecular complexity index is 1310. The van der Waals surface area contributed by atoms with Gasteiger partial charge < -0.3 is 45.3 Å². The number of aromatic nitrogens is 1. The van der Waals surface area contributed by atoms with Gasteiger partial charge >= 0.3 is 6.09 Å². The molecule has 0 saturated carbocycles. The molecule has 0 radical (unpaired) electrons. The van der Waals surface area contributed by atoms with E-state index in [0.717, 1.165) is 21.7 Å². The second kappa shape index (κ2) is 18.6. The fourth-order valence-electron chi connectivity index (χ4n) is 4.95. The van der Waals surface area contributed by atoms with Crippen LogP contribution < -0.4 is 16.0 Å². The number of hydrogen-bond acceptors (Lipinski definition) is 10. The molecule has 5 N–H and O–H groups in total. The van der Waals surface area contributed by atoms with Crippen LogP contribution >= 0.6 is 11.3 Å². The zero-order chi connectivity index (χ0) is 34.4. The molecule has 0 unspecified atom stereocenters. The van der Waals surface area contributed by atoms with Crippen molar-refractivity contribution in [3.05, 3.63) is 41.0 Å². The molecule has 260 valence electrons. The zero-order valence-corrected chi connectivity index (χ0v) is 28.3. The minimum absolute atomic E-state index is 0.00432. The number of nitrogens with zero attached hydrogens (tertiary/aromatic N) is 2. The molecule has 15 heteroatoms. The smallest absolute Gasteiger partial charge is 0.404 e. The van der Waals surface area contributed by atoms with Crippen molar-refractivity contribution in [2.75, 3.05) is 52.7 Å². The number of aliphatic hydroxyl groups excluding tert-OH is 1. The third-order valence-electron chi connectivity index (χ3n) is 7.45. The molecule has 14 nitrogen and oxygen atoms in total. The second-order valence-corrected chi connectivity index (χ2v) is 13.1. The lowest BCUT2D eigenvalue weighted by molar-refractivity contribution is -0.144. The van der Waals surface area contributed by atoms with Crippen LogP contribution in [0.1, 0.15) is 44.9 Å². The summed E-state index contributed by atoms with van der Waals surface area (Å²) >= 11 is 1.57. The van der Waals surface area contributed by atoms with Gasteiger partial charge in [-0.1, -0.05) is 45.0 Å². The van der Waals surface area contributed by atoms with Crippen LogP contribution in [0, 0.1) is 12.3 Å². The second-order valence-electron chi connectivity index (χ2n) is 12.3. The summed E-state index contributed by atoms with van der Waals surface area (Å²) in [7, 11) is 0. The first-order chi connectivity index (χ1) is 22.4. The summed E-state index contributed by atoms with van der Waals surface area (Å²) in [6.45, 7) is 9.45. The van der Waals surface area contributed by atoms with Crippen molar-refractivity contribution >= 4 is 35.2 Å². The fraction of sp³-hybridized carbons (Fsp3) is 0.594. The molecule has 4 amide bonds. The Labute approximate surface area is 279 Å². The van der Waals surface area contributed by atoms with E-state index < -0.39 is 35.6 Å². The highest BCUT2D eigenvalue weighted by atomic mass is 32.1. The summed E-state index contributed by atoms with van der Waals surface area (Å²) in [4.78, 5) is 56.9. The van der Waals surface area contributed by atoms with Gasteiger partial charge in [-0.2, -0.15) is 0 Å². The van der Waals surface area contributed by atoms with Gasteiger partial charge in [-0.25, -0.2) is 9.78 Å². The maximum Gasteiger partial charge on any atom is 0.404 e. The van der Waals surface area contributed by atoms with Gasteiger partial charge in [0.25, 0.3) is 0 Å². The van der Waals surface area contributed by atoms with Crippen LogP contribution in [0.15, 0.2) is 29.8 Å². The molecule has 1 aliphatic heterocycles. The largest absolute Gasteiger partial charge is 0.465 e. The highest BCUT2D eigenvalue weighted by Gasteiger charge is 2.44. The van der Waals surface area contributed by atoms with Crippen molar-refractivity contribution in [2.24, 2.45) is 5.41 Å². The average molecular weight is 678 g/mol. The highest BCUT2D eigenvalue weighted by molar-refractivity contribution is 7.13. The van der Waals surface area contributed by atoms with E-state index in [1.165, 1.54) is 4.90 Å². The lowest BCUT2D eigenvalue weighted by Gasteiger charge is -2.35. The van der Waals surface area contributed by atoms with Crippen LogP contribution in [0.4, 0.5) is 4.79 Å². The molecule has 3 atom stereocenters. The number of amides is 4. The number of likely N-dealkylation sites (tertiary alicyclic amines) is 1. The number of ether oxygens (including phenoxy) is 3. The summed E-state index contributed by atoms with van der Waals surface area (Å²) in [6, 6.07) is 6.05. The number of hydrogen-bond donors (Lipinski definition) is 5. The first-order valence-corrected chi connectivity index (χ1v) is 16.5. The average Bonchev–Trinajstić information content (AvgIpc) is 3.63. The van der Waals surface area contributed by atoms with E-state index in [4.69, 9.17) is 19.3 Å². The SMILES string of the molecule is Cc1ncsc1-c1ccc(CNC(=O)[C@@H]2C[C@H](O)CN2C(=O)[C@@H](NC(=O)CCOCCOCCOCCNC(=O)O)C(C)(C)C)cc1. The van der Waals surface area contributed by atoms with E-state index in [2.05, 4.69) is 20.9 Å². The molecular weight excluding hydrogens is 630 g/mol. The number of carboxylic acid groups (broad SMARTS) is 1. The monoisotopic (exact) mass is 677 g/mol. The van der Waals surface area contributed by atoms with Crippen LogP contribution in [0.25, 0.3) is 10.4 Å². The predicted molar refractivity (Wildman–Crippen MR) is 175 cm³/mol. The molecule has 1 aromatic heterocycles. The van der Waals surface area contributed by atoms with Crippen LogP contribution in [-0.4, -0.2) is 115 Å². The molecule has 1 fully saturated rings. The number of thiazole rings is 1. The quantitative estimate of drug-likeness (QED) is 0.146. The Kier molecular flexibility index (Phi) is 15.0. The number of benzene rings is 1. The summed E-state index contributed by atoms with van der Waals surface area (Å²) in [5, 5.41) is 26.8. The van der Waals surface area contributed by atoms with Crippen molar-refractivity contribution in [1.82, 2.24) is 25.8 Å². The Hall–Kier alpha value is -3.63. The van der Waals surface area contributed by atoms with Crippen molar-refractivity contribution < 1.29 is 43.6 Å². The number of nitrogens with one attached hydrogen (secondary N) is 3. The highest BCUT2D eigenvalue weighted by Crippen LogP contribution is 2.28. The Morgan fingerprint density at radius 1 is 1.00 bits per heavy atom. The molecule has 0 aliphatic carbocycles. The molecule has 2 heterocycles. The Morgan fingerprint density at radius 2 is 1.64 bits per heavy atom. The lowest BCUT2D eigenvalue weighted by atomic mass is 9.85. The molecule has 47 heavy (non-hydrogen) atoms. The number of aliphatic hydroxyl groups is 1. The number of β-amino-alcohol motifs (C(OH)–C–C–N with tert-alkyl or cyclic N) is 1. The van der Waals surface area contributed by atoms with Crippen LogP contribution in [0.5, 0.6) is 0 Å². The standard InChI is InChI=1S/C32H47N5O9S/c1-21-27(47-20-35-21)23-7-5-22(6-8-23)18-34-29(40)25-17-24(38)19-37(25)30(41)28(32(2,3)4)36-26(39)9-11-44-13-15-46-16-14-45-12-10-33-31(42)43/h5-8,20,24-25,28,33,38H,9-19H2,1-4H3,(H,34,40)(H,36,39)(H,42,43)/t24-,25-,28+/m0/s1. The molecule has 2 aromatic rings. The molecule has 1 aliphatic rings. The summed E-state index contributed by atoms with van der Waals surface area (Å²) < 4.78 is 16.1. The third-order valence-corrected chi connectivity index (χ3v) is 8.43. The van der Waals surface area contributed by atoms with Gasteiger partial charge in [0.15, 0.2) is 0 Å². The molecule has 0 bridgehead atoms. The summed E-state index contributed by atoms with van der Waals surface area (Å²) in [5.41, 5.74) is 4.05. The van der Waals surface area contributed by atoms with Gasteiger partial charge in [0.05, 0.1) is 61.8 Å². The molecular formula is C32H47N5O9S. The van der Waals surface area contributed by atoms with Gasteiger partial charge in [-0.3, -0.25) is 14.4 Å². The number of carbonyl (C=O) groups is 4. The van der Waals surface area contributed by atoms with E-state index in [0.29, 0.717) is 19.8 Å². The zero-order valence-electron chi connectivity index (χ0n) is 27.5. The Morgan fingerprint density at radius 3 is 2.23 bits per heavy atom. The fourth-order valence-corrected chi connectivity index (χ4v) is 5.76. The first-order valence-electron chi connectivity index (χ1n) is 15.6. The topological polar surface area (TPSA) is 189 Å². The van der Waals surface area contributed by atoms with Gasteiger partial charge in [0.2, 0.25) is 17.7 Å². The van der Waals surface area contributed by atoms with Crippen LogP contribution in [0.3, 0.4) is 0 Å². The number of carbonyl (C=O) groups excluding carboxylic acids is 3. The van der Waals surface area contributed by atoms with E-state index in [1.54, 1.807) is 16.8 Å². The van der Waals surface area contributed by atoms with Crippen molar-refractivity contribution in [2.45, 2.75) is 65.3 Å². The maximum absolute atomic E-state index is 13.8. The van der Waals surface area contributed by atoms with Gasteiger partial charge in [-0.15, -0.1) is 11.3 Å². The first kappa shape index (κ1) is 37.8. The number of aryl methyl sites for hydroxylation is 1.